The molecule has 0 aliphatic carbocycles. The lowest BCUT2D eigenvalue weighted by molar-refractivity contribution is 0.107. The normalized spacial score (nSPS) is 12.7. The number of benzene rings is 1. The molecule has 0 amide bonds. The number of methoxy groups -OCH3 is 1. The van der Waals surface area contributed by atoms with Crippen LogP contribution in [0.5, 0.6) is 5.75 Å². The molecule has 1 aromatic carbocycles. The molecule has 1 rings (SSSR count). The van der Waals surface area contributed by atoms with Gasteiger partial charge in [0.2, 0.25) is 0 Å². The van der Waals surface area contributed by atoms with Crippen LogP contribution in [0.15, 0.2) is 24.3 Å². The molecule has 0 fully saturated rings. The first kappa shape index (κ1) is 17.0. The van der Waals surface area contributed by atoms with Crippen molar-refractivity contribution >= 4 is 0 Å². The van der Waals surface area contributed by atoms with Crippen molar-refractivity contribution in [3.05, 3.63) is 29.8 Å². The Morgan fingerprint density at radius 2 is 1.90 bits per heavy atom. The van der Waals surface area contributed by atoms with Crippen LogP contribution in [0.4, 0.5) is 0 Å². The van der Waals surface area contributed by atoms with Gasteiger partial charge in [-0.15, -0.1) is 0 Å². The Balaban J connectivity index is 2.18. The highest BCUT2D eigenvalue weighted by Gasteiger charge is 2.09. The monoisotopic (exact) mass is 280 g/mol. The minimum atomic E-state index is 0.197. The third-order valence-electron chi connectivity index (χ3n) is 2.97. The summed E-state index contributed by atoms with van der Waals surface area (Å²) in [6.07, 6.45) is 0.998. The Kier molecular flexibility index (Phi) is 8.26. The average molecular weight is 280 g/mol. The number of hydrazine groups is 1. The maximum Gasteiger partial charge on any atom is 0.123 e. The zero-order chi connectivity index (χ0) is 14.8. The largest absolute Gasteiger partial charge is 0.496 e. The van der Waals surface area contributed by atoms with Crippen molar-refractivity contribution < 1.29 is 9.47 Å². The van der Waals surface area contributed by atoms with Crippen molar-refractivity contribution in [3.63, 3.8) is 0 Å². The Morgan fingerprint density at radius 1 is 1.15 bits per heavy atom. The van der Waals surface area contributed by atoms with Crippen molar-refractivity contribution in [2.75, 3.05) is 26.9 Å². The number of hydrogen-bond acceptors (Lipinski definition) is 4. The topological polar surface area (TPSA) is 42.5 Å². The van der Waals surface area contributed by atoms with E-state index in [0.717, 1.165) is 37.5 Å². The molecule has 0 saturated heterocycles. The van der Waals surface area contributed by atoms with E-state index in [-0.39, 0.29) is 6.04 Å². The molecular weight excluding hydrogens is 252 g/mol. The Bertz CT molecular complexity index is 369. The van der Waals surface area contributed by atoms with Crippen LogP contribution in [0.25, 0.3) is 0 Å². The standard InChI is InChI=1S/C16H28N2O2/c1-13(2)12-20-11-7-10-17-18-14(3)15-8-5-6-9-16(15)19-4/h5-6,8-9,13-14,17-18H,7,10-12H2,1-4H3. The van der Waals surface area contributed by atoms with E-state index in [0.29, 0.717) is 5.92 Å². The van der Waals surface area contributed by atoms with Crippen LogP contribution in [-0.4, -0.2) is 26.9 Å². The maximum atomic E-state index is 5.54. The molecule has 0 spiro atoms. The summed E-state index contributed by atoms with van der Waals surface area (Å²) < 4.78 is 10.9. The summed E-state index contributed by atoms with van der Waals surface area (Å²) in [5.74, 6) is 1.52. The minimum Gasteiger partial charge on any atom is -0.496 e. The van der Waals surface area contributed by atoms with E-state index in [1.807, 2.05) is 18.2 Å². The minimum absolute atomic E-state index is 0.197. The molecule has 0 heterocycles. The molecule has 2 N–H and O–H groups in total. The summed E-state index contributed by atoms with van der Waals surface area (Å²) in [5.41, 5.74) is 7.68. The zero-order valence-electron chi connectivity index (χ0n) is 13.1. The molecule has 4 heteroatoms. The van der Waals surface area contributed by atoms with Gasteiger partial charge >= 0.3 is 0 Å². The third-order valence-corrected chi connectivity index (χ3v) is 2.97. The maximum absolute atomic E-state index is 5.54. The summed E-state index contributed by atoms with van der Waals surface area (Å²) in [6, 6.07) is 8.25. The van der Waals surface area contributed by atoms with E-state index in [1.54, 1.807) is 7.11 Å². The second-order valence-electron chi connectivity index (χ2n) is 5.36. The Labute approximate surface area is 122 Å². The highest BCUT2D eigenvalue weighted by Crippen LogP contribution is 2.23. The first-order valence-electron chi connectivity index (χ1n) is 7.34. The van der Waals surface area contributed by atoms with Crippen molar-refractivity contribution in [1.82, 2.24) is 10.9 Å². The van der Waals surface area contributed by atoms with Gasteiger partial charge in [-0.05, 0) is 25.3 Å². The van der Waals surface area contributed by atoms with Gasteiger partial charge in [0, 0.05) is 31.4 Å². The van der Waals surface area contributed by atoms with Gasteiger partial charge in [-0.25, -0.2) is 0 Å². The van der Waals surface area contributed by atoms with Crippen LogP contribution in [0.3, 0.4) is 0 Å². The van der Waals surface area contributed by atoms with Gasteiger partial charge in [0.1, 0.15) is 5.75 Å². The first-order chi connectivity index (χ1) is 9.65. The van der Waals surface area contributed by atoms with Gasteiger partial charge in [0.15, 0.2) is 0 Å². The van der Waals surface area contributed by atoms with E-state index in [1.165, 1.54) is 0 Å². The Morgan fingerprint density at radius 3 is 2.60 bits per heavy atom. The number of nitrogens with one attached hydrogen (secondary N) is 2. The van der Waals surface area contributed by atoms with Crippen molar-refractivity contribution in [1.29, 1.82) is 0 Å². The van der Waals surface area contributed by atoms with Crippen molar-refractivity contribution in [2.45, 2.75) is 33.2 Å². The summed E-state index contributed by atoms with van der Waals surface area (Å²) in [7, 11) is 1.70. The first-order valence-corrected chi connectivity index (χ1v) is 7.34. The van der Waals surface area contributed by atoms with Gasteiger partial charge in [-0.2, -0.15) is 0 Å². The lowest BCUT2D eigenvalue weighted by atomic mass is 10.1. The molecular formula is C16H28N2O2. The summed E-state index contributed by atoms with van der Waals surface area (Å²) >= 11 is 0. The average Bonchev–Trinajstić information content (AvgIpc) is 2.45. The van der Waals surface area contributed by atoms with E-state index >= 15 is 0 Å². The van der Waals surface area contributed by atoms with E-state index in [4.69, 9.17) is 9.47 Å². The number of para-hydroxylation sites is 1. The number of hydrogen-bond donors (Lipinski definition) is 2. The smallest absolute Gasteiger partial charge is 0.123 e. The molecule has 0 saturated carbocycles. The zero-order valence-corrected chi connectivity index (χ0v) is 13.1. The van der Waals surface area contributed by atoms with Crippen LogP contribution in [0, 0.1) is 5.92 Å². The fourth-order valence-corrected chi connectivity index (χ4v) is 1.91. The highest BCUT2D eigenvalue weighted by molar-refractivity contribution is 5.35. The molecule has 114 valence electrons. The highest BCUT2D eigenvalue weighted by atomic mass is 16.5. The predicted molar refractivity (Wildman–Crippen MR) is 82.8 cm³/mol. The van der Waals surface area contributed by atoms with Crippen molar-refractivity contribution in [3.8, 4) is 5.75 Å². The lowest BCUT2D eigenvalue weighted by Crippen LogP contribution is -2.35. The van der Waals surface area contributed by atoms with E-state index in [9.17, 15) is 0 Å². The molecule has 20 heavy (non-hydrogen) atoms. The molecule has 1 unspecified atom stereocenters. The van der Waals surface area contributed by atoms with E-state index in [2.05, 4.69) is 37.7 Å². The van der Waals surface area contributed by atoms with Crippen LogP contribution in [-0.2, 0) is 4.74 Å². The van der Waals surface area contributed by atoms with Gasteiger partial charge in [0.25, 0.3) is 0 Å². The molecule has 0 radical (unpaired) electrons. The lowest BCUT2D eigenvalue weighted by Gasteiger charge is -2.18. The molecule has 0 aromatic heterocycles. The fraction of sp³-hybridized carbons (Fsp3) is 0.625. The van der Waals surface area contributed by atoms with Gasteiger partial charge in [-0.1, -0.05) is 32.0 Å². The predicted octanol–water partition coefficient (Wildman–Crippen LogP) is 2.91. The van der Waals surface area contributed by atoms with Crippen molar-refractivity contribution in [2.24, 2.45) is 5.92 Å². The van der Waals surface area contributed by atoms with Crippen LogP contribution >= 0.6 is 0 Å². The Hall–Kier alpha value is -1.10. The van der Waals surface area contributed by atoms with Gasteiger partial charge in [-0.3, -0.25) is 10.9 Å². The molecule has 1 atom stereocenters. The number of rotatable bonds is 10. The summed E-state index contributed by atoms with van der Waals surface area (Å²) in [4.78, 5) is 0. The fourth-order valence-electron chi connectivity index (χ4n) is 1.91. The quantitative estimate of drug-likeness (QED) is 0.511. The van der Waals surface area contributed by atoms with Gasteiger partial charge < -0.3 is 9.47 Å². The van der Waals surface area contributed by atoms with E-state index < -0.39 is 0 Å². The molecule has 0 aliphatic heterocycles. The molecule has 1 aromatic rings. The summed E-state index contributed by atoms with van der Waals surface area (Å²) in [5, 5.41) is 0. The molecule has 4 nitrogen and oxygen atoms in total. The second kappa shape index (κ2) is 9.75. The van der Waals surface area contributed by atoms with Gasteiger partial charge in [0.05, 0.1) is 7.11 Å². The number of ether oxygens (including phenoxy) is 2. The third kappa shape index (κ3) is 6.37. The molecule has 0 aliphatic rings. The second-order valence-corrected chi connectivity index (χ2v) is 5.36. The SMILES string of the molecule is COc1ccccc1C(C)NNCCCOCC(C)C. The molecule has 0 bridgehead atoms. The van der Waals surface area contributed by atoms with Crippen LogP contribution in [0.2, 0.25) is 0 Å². The van der Waals surface area contributed by atoms with Crippen LogP contribution in [0.1, 0.15) is 38.8 Å². The summed E-state index contributed by atoms with van der Waals surface area (Å²) in [6.45, 7) is 8.96. The van der Waals surface area contributed by atoms with Crippen LogP contribution < -0.4 is 15.6 Å².